The van der Waals surface area contributed by atoms with Crippen LogP contribution in [-0.2, 0) is 11.3 Å². The fourth-order valence-corrected chi connectivity index (χ4v) is 3.87. The van der Waals surface area contributed by atoms with Gasteiger partial charge in [-0.2, -0.15) is 0 Å². The summed E-state index contributed by atoms with van der Waals surface area (Å²) >= 11 is 5.68. The molecule has 1 aliphatic rings. The molecule has 7 heteroatoms. The summed E-state index contributed by atoms with van der Waals surface area (Å²) in [5, 5.41) is 5.10. The second kappa shape index (κ2) is 9.69. The average Bonchev–Trinajstić information content (AvgIpc) is 3.20. The van der Waals surface area contributed by atoms with Gasteiger partial charge in [0.05, 0.1) is 18.2 Å². The van der Waals surface area contributed by atoms with Crippen LogP contribution < -0.4 is 10.9 Å². The van der Waals surface area contributed by atoms with Crippen molar-refractivity contribution in [3.8, 4) is 0 Å². The van der Waals surface area contributed by atoms with Crippen molar-refractivity contribution in [3.05, 3.63) is 45.2 Å². The van der Waals surface area contributed by atoms with Gasteiger partial charge in [0.25, 0.3) is 5.56 Å². The number of nitrogens with one attached hydrogen (secondary N) is 2. The quantitative estimate of drug-likeness (QED) is 0.677. The molecule has 158 valence electrons. The van der Waals surface area contributed by atoms with Crippen molar-refractivity contribution in [2.45, 2.75) is 39.3 Å². The van der Waals surface area contributed by atoms with Crippen LogP contribution in [-0.4, -0.2) is 66.3 Å². The number of likely N-dealkylation sites (N-methyl/N-ethyl adjacent to an activating group) is 1. The topological polar surface area (TPSA) is 60.6 Å². The summed E-state index contributed by atoms with van der Waals surface area (Å²) in [5.41, 5.74) is 3.82. The predicted molar refractivity (Wildman–Crippen MR) is 123 cm³/mol. The Bertz CT molecular complexity index is 919. The Balaban J connectivity index is 1.80. The zero-order valence-electron chi connectivity index (χ0n) is 17.9. The number of aromatic amines is 1. The molecule has 1 saturated heterocycles. The summed E-state index contributed by atoms with van der Waals surface area (Å²) in [7, 11) is 4.08. The number of pyridine rings is 1. The smallest absolute Gasteiger partial charge is 0.253 e. The van der Waals surface area contributed by atoms with E-state index in [1.807, 2.05) is 33.2 Å². The van der Waals surface area contributed by atoms with Gasteiger partial charge in [0, 0.05) is 37.2 Å². The molecule has 29 heavy (non-hydrogen) atoms. The van der Waals surface area contributed by atoms with Gasteiger partial charge in [-0.05, 0) is 70.2 Å². The van der Waals surface area contributed by atoms with Gasteiger partial charge in [0.1, 0.15) is 0 Å². The third-order valence-electron chi connectivity index (χ3n) is 5.49. The van der Waals surface area contributed by atoms with Gasteiger partial charge >= 0.3 is 0 Å². The number of nitrogens with zero attached hydrogens (tertiary/aromatic N) is 2. The zero-order valence-corrected chi connectivity index (χ0v) is 18.7. The number of aromatic nitrogens is 1. The molecular weight excluding hydrogens is 384 g/mol. The Labute approximate surface area is 178 Å². The Morgan fingerprint density at radius 1 is 1.28 bits per heavy atom. The van der Waals surface area contributed by atoms with Crippen molar-refractivity contribution < 1.29 is 4.74 Å². The fourth-order valence-electron chi connectivity index (χ4n) is 3.63. The van der Waals surface area contributed by atoms with Crippen molar-refractivity contribution >= 4 is 28.2 Å². The molecule has 2 heterocycles. The van der Waals surface area contributed by atoms with Crippen LogP contribution in [0.25, 0.3) is 10.9 Å². The van der Waals surface area contributed by atoms with E-state index in [1.165, 1.54) is 0 Å². The molecule has 0 bridgehead atoms. The molecule has 1 aromatic carbocycles. The van der Waals surface area contributed by atoms with E-state index < -0.39 is 0 Å². The number of hydrogen-bond donors (Lipinski definition) is 2. The maximum absolute atomic E-state index is 12.8. The molecule has 2 N–H and O–H groups in total. The van der Waals surface area contributed by atoms with Gasteiger partial charge in [0.15, 0.2) is 5.11 Å². The van der Waals surface area contributed by atoms with Crippen LogP contribution in [0.5, 0.6) is 0 Å². The van der Waals surface area contributed by atoms with Gasteiger partial charge in [0.2, 0.25) is 0 Å². The van der Waals surface area contributed by atoms with E-state index in [-0.39, 0.29) is 11.7 Å². The van der Waals surface area contributed by atoms with Crippen molar-refractivity contribution in [1.82, 2.24) is 20.1 Å². The SMILES string of the molecule is Cc1ccc(C)c2[nH]c(=O)c(CN(CCN(C)C)C(=S)NC[C@@H]3CCCO3)cc12. The van der Waals surface area contributed by atoms with Crippen LogP contribution >= 0.6 is 12.2 Å². The second-order valence-electron chi connectivity index (χ2n) is 8.16. The minimum absolute atomic E-state index is 0.0528. The molecule has 0 radical (unpaired) electrons. The molecule has 3 rings (SSSR count). The average molecular weight is 417 g/mol. The summed E-state index contributed by atoms with van der Waals surface area (Å²) in [6.45, 7) is 7.70. The number of rotatable bonds is 7. The Hall–Kier alpha value is -1.96. The predicted octanol–water partition coefficient (Wildman–Crippen LogP) is 2.56. The maximum atomic E-state index is 12.8. The number of aryl methyl sites for hydroxylation is 2. The lowest BCUT2D eigenvalue weighted by Gasteiger charge is -2.28. The summed E-state index contributed by atoms with van der Waals surface area (Å²) in [4.78, 5) is 20.1. The molecule has 1 aromatic heterocycles. The first kappa shape index (κ1) is 21.7. The molecule has 0 unspecified atom stereocenters. The lowest BCUT2D eigenvalue weighted by Crippen LogP contribution is -2.45. The van der Waals surface area contributed by atoms with E-state index in [1.54, 1.807) is 0 Å². The van der Waals surface area contributed by atoms with Crippen molar-refractivity contribution in [2.24, 2.45) is 0 Å². The first-order valence-electron chi connectivity index (χ1n) is 10.3. The minimum atomic E-state index is -0.0528. The number of benzene rings is 1. The standard InChI is InChI=1S/C22H32N4O2S/c1-15-7-8-16(2)20-19(15)12-17(21(27)24-20)14-26(10-9-25(3)4)22(29)23-13-18-6-5-11-28-18/h7-8,12,18H,5-6,9-11,13-14H2,1-4H3,(H,23,29)(H,24,27)/t18-/m0/s1. The molecule has 1 aliphatic heterocycles. The van der Waals surface area contributed by atoms with E-state index in [4.69, 9.17) is 17.0 Å². The highest BCUT2D eigenvalue weighted by Crippen LogP contribution is 2.20. The van der Waals surface area contributed by atoms with Gasteiger partial charge in [-0.15, -0.1) is 0 Å². The summed E-state index contributed by atoms with van der Waals surface area (Å²) in [6, 6.07) is 6.15. The first-order valence-corrected chi connectivity index (χ1v) is 10.7. The van der Waals surface area contributed by atoms with Gasteiger partial charge in [-0.1, -0.05) is 12.1 Å². The van der Waals surface area contributed by atoms with E-state index in [0.717, 1.165) is 60.1 Å². The van der Waals surface area contributed by atoms with Gasteiger partial charge in [-0.3, -0.25) is 4.79 Å². The highest BCUT2D eigenvalue weighted by atomic mass is 32.1. The van der Waals surface area contributed by atoms with Crippen LogP contribution in [0.4, 0.5) is 0 Å². The van der Waals surface area contributed by atoms with Gasteiger partial charge < -0.3 is 24.8 Å². The maximum Gasteiger partial charge on any atom is 0.253 e. The molecule has 6 nitrogen and oxygen atoms in total. The molecule has 2 aromatic rings. The first-order chi connectivity index (χ1) is 13.8. The number of hydrogen-bond acceptors (Lipinski definition) is 4. The van der Waals surface area contributed by atoms with E-state index in [9.17, 15) is 4.79 Å². The summed E-state index contributed by atoms with van der Waals surface area (Å²) < 4.78 is 5.69. The molecule has 1 fully saturated rings. The number of fused-ring (bicyclic) bond motifs is 1. The lowest BCUT2D eigenvalue weighted by atomic mass is 10.0. The third kappa shape index (κ3) is 5.56. The minimum Gasteiger partial charge on any atom is -0.376 e. The normalized spacial score (nSPS) is 16.5. The number of H-pyrrole nitrogens is 1. The van der Waals surface area contributed by atoms with E-state index >= 15 is 0 Å². The van der Waals surface area contributed by atoms with Crippen molar-refractivity contribution in [3.63, 3.8) is 0 Å². The summed E-state index contributed by atoms with van der Waals surface area (Å²) in [6.07, 6.45) is 2.39. The third-order valence-corrected chi connectivity index (χ3v) is 5.89. The molecule has 0 amide bonds. The molecule has 0 aliphatic carbocycles. The van der Waals surface area contributed by atoms with Crippen LogP contribution in [0.3, 0.4) is 0 Å². The van der Waals surface area contributed by atoms with Crippen molar-refractivity contribution in [1.29, 1.82) is 0 Å². The second-order valence-corrected chi connectivity index (χ2v) is 8.54. The Morgan fingerprint density at radius 2 is 2.03 bits per heavy atom. The molecule has 1 atom stereocenters. The number of thiocarbonyl (C=S) groups is 1. The van der Waals surface area contributed by atoms with Crippen LogP contribution in [0.1, 0.15) is 29.5 Å². The lowest BCUT2D eigenvalue weighted by molar-refractivity contribution is 0.113. The molecule has 0 spiro atoms. The monoisotopic (exact) mass is 416 g/mol. The van der Waals surface area contributed by atoms with Gasteiger partial charge in [-0.25, -0.2) is 0 Å². The largest absolute Gasteiger partial charge is 0.376 e. The Morgan fingerprint density at radius 3 is 2.72 bits per heavy atom. The summed E-state index contributed by atoms with van der Waals surface area (Å²) in [5.74, 6) is 0. The van der Waals surface area contributed by atoms with Crippen molar-refractivity contribution in [2.75, 3.05) is 40.3 Å². The zero-order chi connectivity index (χ0) is 21.0. The van der Waals surface area contributed by atoms with Crippen LogP contribution in [0.15, 0.2) is 23.0 Å². The fraction of sp³-hybridized carbons (Fsp3) is 0.545. The Kier molecular flexibility index (Phi) is 7.27. The van der Waals surface area contributed by atoms with E-state index in [2.05, 4.69) is 33.1 Å². The highest BCUT2D eigenvalue weighted by Gasteiger charge is 2.18. The van der Waals surface area contributed by atoms with Crippen LogP contribution in [0, 0.1) is 13.8 Å². The van der Waals surface area contributed by atoms with E-state index in [0.29, 0.717) is 18.2 Å². The van der Waals surface area contributed by atoms with Crippen LogP contribution in [0.2, 0.25) is 0 Å². The molecular formula is C22H32N4O2S. The molecule has 0 saturated carbocycles. The highest BCUT2D eigenvalue weighted by molar-refractivity contribution is 7.80. The number of ether oxygens (including phenoxy) is 1.